The summed E-state index contributed by atoms with van der Waals surface area (Å²) >= 11 is 0. The zero-order valence-corrected chi connectivity index (χ0v) is 22.8. The molecule has 1 aliphatic rings. The van der Waals surface area contributed by atoms with Crippen molar-refractivity contribution in [2.24, 2.45) is 0 Å². The lowest BCUT2D eigenvalue weighted by Crippen LogP contribution is -2.07. The quantitative estimate of drug-likeness (QED) is 0.210. The second-order valence-corrected chi connectivity index (χ2v) is 11.2. The number of nitrogens with one attached hydrogen (secondary N) is 2. The summed E-state index contributed by atoms with van der Waals surface area (Å²) in [5.74, 6) is 0.00454. The van der Waals surface area contributed by atoms with E-state index in [0.717, 1.165) is 55.4 Å². The molecule has 0 spiro atoms. The van der Waals surface area contributed by atoms with Crippen molar-refractivity contribution < 1.29 is 0 Å². The molecule has 41 heavy (non-hydrogen) atoms. The first-order chi connectivity index (χ1) is 20.2. The van der Waals surface area contributed by atoms with E-state index in [1.807, 2.05) is 0 Å². The first-order valence-corrected chi connectivity index (χ1v) is 14.1. The van der Waals surface area contributed by atoms with E-state index in [-0.39, 0.29) is 5.92 Å². The second kappa shape index (κ2) is 8.15. The Morgan fingerprint density at radius 3 is 1.51 bits per heavy atom. The Morgan fingerprint density at radius 1 is 0.512 bits per heavy atom. The van der Waals surface area contributed by atoms with Gasteiger partial charge in [-0.3, -0.25) is 0 Å². The number of aryl methyl sites for hydroxylation is 2. The molecule has 0 saturated carbocycles. The maximum absolute atomic E-state index is 5.27. The van der Waals surface area contributed by atoms with E-state index in [9.17, 15) is 0 Å². The molecule has 0 amide bonds. The van der Waals surface area contributed by atoms with Gasteiger partial charge in [-0.2, -0.15) is 0 Å². The Hall–Kier alpha value is -5.22. The maximum Gasteiger partial charge on any atom is 0.0972 e. The number of aromatic nitrogens is 4. The normalized spacial score (nSPS) is 13.0. The third-order valence-corrected chi connectivity index (χ3v) is 9.05. The molecule has 4 aromatic heterocycles. The number of hydrogen-bond acceptors (Lipinski definition) is 2. The smallest absolute Gasteiger partial charge is 0.0972 e. The van der Waals surface area contributed by atoms with Crippen molar-refractivity contribution in [2.45, 2.75) is 19.8 Å². The number of benzene rings is 4. The average Bonchev–Trinajstić information content (AvgIpc) is 3.53. The fraction of sp³-hybridized carbons (Fsp3) is 0.0811. The SMILES string of the molecule is Cc1c2[nH]c3c(cccc13)-c1ccc3ccc4ccc(nc4c3n1)-c1cccc3c(C)c([nH]c13)C2c1ccccc1. The fourth-order valence-corrected chi connectivity index (χ4v) is 6.94. The molecule has 0 fully saturated rings. The number of para-hydroxylation sites is 2. The van der Waals surface area contributed by atoms with Gasteiger partial charge in [-0.15, -0.1) is 0 Å². The van der Waals surface area contributed by atoms with Crippen LogP contribution in [0.4, 0.5) is 0 Å². The number of rotatable bonds is 1. The molecule has 0 radical (unpaired) electrons. The van der Waals surface area contributed by atoms with Crippen LogP contribution >= 0.6 is 0 Å². The number of aromatic amines is 2. The average molecular weight is 527 g/mol. The van der Waals surface area contributed by atoms with E-state index >= 15 is 0 Å². The predicted octanol–water partition coefficient (Wildman–Crippen LogP) is 9.19. The van der Waals surface area contributed by atoms with Gasteiger partial charge in [0.25, 0.3) is 0 Å². The summed E-state index contributed by atoms with van der Waals surface area (Å²) in [5.41, 5.74) is 14.3. The first-order valence-electron chi connectivity index (χ1n) is 14.1. The predicted molar refractivity (Wildman–Crippen MR) is 168 cm³/mol. The molecule has 8 aromatic rings. The Morgan fingerprint density at radius 2 is 1.00 bits per heavy atom. The summed E-state index contributed by atoms with van der Waals surface area (Å²) < 4.78 is 0. The van der Waals surface area contributed by atoms with Crippen LogP contribution < -0.4 is 0 Å². The lowest BCUT2D eigenvalue weighted by Gasteiger charge is -2.18. The van der Waals surface area contributed by atoms with Crippen molar-refractivity contribution in [3.05, 3.63) is 131 Å². The summed E-state index contributed by atoms with van der Waals surface area (Å²) in [6, 6.07) is 36.8. The highest BCUT2D eigenvalue weighted by Gasteiger charge is 2.27. The lowest BCUT2D eigenvalue weighted by molar-refractivity contribution is 0.887. The van der Waals surface area contributed by atoms with Crippen LogP contribution in [-0.2, 0) is 0 Å². The van der Waals surface area contributed by atoms with Gasteiger partial charge in [0.2, 0.25) is 0 Å². The van der Waals surface area contributed by atoms with Crippen molar-refractivity contribution in [3.8, 4) is 22.5 Å². The molecule has 2 N–H and O–H groups in total. The minimum atomic E-state index is 0.00454. The molecule has 9 rings (SSSR count). The minimum absolute atomic E-state index is 0.00454. The standard InChI is InChI=1S/C37H26N4/c1-20-25-10-6-12-27-29-18-16-23-14-15-24-17-19-30(39-35(24)34(23)38-29)28-13-7-11-26-21(2)33(41-37(26)28)31(32(20)40-36(25)27)22-8-4-3-5-9-22/h3-19,31,40-41H,1-2H3. The Kier molecular flexibility index (Phi) is 4.49. The second-order valence-electron chi connectivity index (χ2n) is 11.2. The van der Waals surface area contributed by atoms with Crippen LogP contribution in [0.3, 0.4) is 0 Å². The van der Waals surface area contributed by atoms with Gasteiger partial charge in [0, 0.05) is 44.1 Å². The van der Waals surface area contributed by atoms with Gasteiger partial charge in [0.15, 0.2) is 0 Å². The molecular formula is C37H26N4. The zero-order valence-electron chi connectivity index (χ0n) is 22.8. The van der Waals surface area contributed by atoms with Crippen LogP contribution in [0, 0.1) is 13.8 Å². The van der Waals surface area contributed by atoms with Gasteiger partial charge >= 0.3 is 0 Å². The molecule has 0 atom stereocenters. The van der Waals surface area contributed by atoms with Crippen LogP contribution in [0.15, 0.2) is 103 Å². The summed E-state index contributed by atoms with van der Waals surface area (Å²) in [4.78, 5) is 18.4. The number of hydrogen-bond donors (Lipinski definition) is 2. The number of H-pyrrole nitrogens is 2. The van der Waals surface area contributed by atoms with Crippen LogP contribution in [-0.4, -0.2) is 19.9 Å². The largest absolute Gasteiger partial charge is 0.357 e. The monoisotopic (exact) mass is 526 g/mol. The van der Waals surface area contributed by atoms with Gasteiger partial charge in [-0.25, -0.2) is 9.97 Å². The molecule has 8 bridgehead atoms. The van der Waals surface area contributed by atoms with Gasteiger partial charge < -0.3 is 9.97 Å². The summed E-state index contributed by atoms with van der Waals surface area (Å²) in [5, 5.41) is 4.62. The van der Waals surface area contributed by atoms with Crippen LogP contribution in [0.1, 0.15) is 34.0 Å². The Labute approximate surface area is 236 Å². The van der Waals surface area contributed by atoms with Crippen molar-refractivity contribution >= 4 is 43.6 Å². The first kappa shape index (κ1) is 22.6. The molecule has 0 unspecified atom stereocenters. The highest BCUT2D eigenvalue weighted by molar-refractivity contribution is 6.06. The Balaban J connectivity index is 1.50. The maximum atomic E-state index is 5.27. The summed E-state index contributed by atoms with van der Waals surface area (Å²) in [7, 11) is 0. The molecule has 0 aliphatic carbocycles. The van der Waals surface area contributed by atoms with Crippen LogP contribution in [0.25, 0.3) is 66.1 Å². The molecule has 0 saturated heterocycles. The van der Waals surface area contributed by atoms with E-state index < -0.39 is 0 Å². The van der Waals surface area contributed by atoms with Crippen molar-refractivity contribution in [2.75, 3.05) is 0 Å². The number of fused-ring (bicyclic) bond motifs is 6. The van der Waals surface area contributed by atoms with Crippen molar-refractivity contribution in [1.29, 1.82) is 0 Å². The van der Waals surface area contributed by atoms with Crippen molar-refractivity contribution in [3.63, 3.8) is 0 Å². The minimum Gasteiger partial charge on any atom is -0.357 e. The molecule has 1 aliphatic heterocycles. The van der Waals surface area contributed by atoms with E-state index in [0.29, 0.717) is 0 Å². The summed E-state index contributed by atoms with van der Waals surface area (Å²) in [6.07, 6.45) is 0. The lowest BCUT2D eigenvalue weighted by atomic mass is 9.88. The summed E-state index contributed by atoms with van der Waals surface area (Å²) in [6.45, 7) is 4.49. The number of pyridine rings is 2. The molecular weight excluding hydrogens is 500 g/mol. The Bertz CT molecular complexity index is 2190. The third-order valence-electron chi connectivity index (χ3n) is 9.05. The fourth-order valence-electron chi connectivity index (χ4n) is 6.94. The molecule has 194 valence electrons. The van der Waals surface area contributed by atoms with Crippen LogP contribution in [0.5, 0.6) is 0 Å². The van der Waals surface area contributed by atoms with Crippen molar-refractivity contribution in [1.82, 2.24) is 19.9 Å². The molecule has 5 heterocycles. The van der Waals surface area contributed by atoms with E-state index in [4.69, 9.17) is 9.97 Å². The number of nitrogens with zero attached hydrogens (tertiary/aromatic N) is 2. The topological polar surface area (TPSA) is 57.4 Å². The van der Waals surface area contributed by atoms with E-state index in [1.54, 1.807) is 0 Å². The van der Waals surface area contributed by atoms with Gasteiger partial charge in [-0.1, -0.05) is 91.0 Å². The molecule has 4 nitrogen and oxygen atoms in total. The van der Waals surface area contributed by atoms with E-state index in [1.165, 1.54) is 38.9 Å². The van der Waals surface area contributed by atoms with Crippen LogP contribution in [0.2, 0.25) is 0 Å². The van der Waals surface area contributed by atoms with E-state index in [2.05, 4.69) is 127 Å². The highest BCUT2D eigenvalue weighted by Crippen LogP contribution is 2.43. The molecule has 4 aromatic carbocycles. The zero-order chi connectivity index (χ0) is 27.2. The van der Waals surface area contributed by atoms with Gasteiger partial charge in [0.05, 0.1) is 39.4 Å². The third kappa shape index (κ3) is 3.10. The highest BCUT2D eigenvalue weighted by atomic mass is 14.8. The van der Waals surface area contributed by atoms with Gasteiger partial charge in [0.1, 0.15) is 0 Å². The molecule has 4 heteroatoms. The van der Waals surface area contributed by atoms with Gasteiger partial charge in [-0.05, 0) is 42.7 Å².